The Labute approximate surface area is 150 Å². The van der Waals surface area contributed by atoms with Crippen LogP contribution in [-0.2, 0) is 17.0 Å². The van der Waals surface area contributed by atoms with Gasteiger partial charge in [-0.05, 0) is 31.0 Å². The highest BCUT2D eigenvalue weighted by Gasteiger charge is 2.14. The van der Waals surface area contributed by atoms with E-state index in [4.69, 9.17) is 0 Å². The van der Waals surface area contributed by atoms with Crippen molar-refractivity contribution >= 4 is 39.2 Å². The molecule has 0 aliphatic heterocycles. The minimum absolute atomic E-state index is 0.0761. The molecule has 3 nitrogen and oxygen atoms in total. The van der Waals surface area contributed by atoms with Crippen LogP contribution in [0.15, 0.2) is 54.6 Å². The summed E-state index contributed by atoms with van der Waals surface area (Å²) in [6, 6.07) is 18.3. The van der Waals surface area contributed by atoms with E-state index in [2.05, 4.69) is 28.5 Å². The Bertz CT molecular complexity index is 768. The molecule has 0 aliphatic rings. The minimum Gasteiger partial charge on any atom is -0.355 e. The van der Waals surface area contributed by atoms with Crippen LogP contribution < -0.4 is 5.32 Å². The standard InChI is InChI=1S/C19H20N2OS2/c1-14(19(22)20-12-11-15-7-3-2-4-8-15)23-13-18-21-16-9-5-6-10-17(16)24-18/h2-10,14H,11-13H2,1H3,(H,20,22). The third-order valence-electron chi connectivity index (χ3n) is 3.72. The summed E-state index contributed by atoms with van der Waals surface area (Å²) in [7, 11) is 0. The van der Waals surface area contributed by atoms with Gasteiger partial charge in [-0.15, -0.1) is 23.1 Å². The predicted octanol–water partition coefficient (Wildman–Crippen LogP) is 4.28. The van der Waals surface area contributed by atoms with Crippen molar-refractivity contribution in [2.75, 3.05) is 6.54 Å². The fraction of sp³-hybridized carbons (Fsp3) is 0.263. The number of rotatable bonds is 7. The fourth-order valence-electron chi connectivity index (χ4n) is 2.37. The van der Waals surface area contributed by atoms with E-state index in [0.717, 1.165) is 22.7 Å². The second-order valence-corrected chi connectivity index (χ2v) is 8.00. The van der Waals surface area contributed by atoms with Crippen molar-refractivity contribution < 1.29 is 4.79 Å². The van der Waals surface area contributed by atoms with Crippen molar-refractivity contribution in [2.45, 2.75) is 24.3 Å². The molecule has 1 atom stereocenters. The molecule has 3 aromatic rings. The number of carbonyl (C=O) groups excluding carboxylic acids is 1. The van der Waals surface area contributed by atoms with Gasteiger partial charge < -0.3 is 5.32 Å². The molecule has 0 fully saturated rings. The summed E-state index contributed by atoms with van der Waals surface area (Å²) >= 11 is 3.34. The Kier molecular flexibility index (Phi) is 5.88. The Morgan fingerprint density at radius 1 is 1.17 bits per heavy atom. The highest BCUT2D eigenvalue weighted by molar-refractivity contribution is 7.99. The van der Waals surface area contributed by atoms with Crippen LogP contribution in [0.4, 0.5) is 0 Å². The van der Waals surface area contributed by atoms with E-state index in [-0.39, 0.29) is 11.2 Å². The third kappa shape index (κ3) is 4.58. The lowest BCUT2D eigenvalue weighted by Crippen LogP contribution is -2.32. The summed E-state index contributed by atoms with van der Waals surface area (Å²) < 4.78 is 1.20. The van der Waals surface area contributed by atoms with Crippen LogP contribution in [0.25, 0.3) is 10.2 Å². The van der Waals surface area contributed by atoms with E-state index in [1.54, 1.807) is 23.1 Å². The highest BCUT2D eigenvalue weighted by Crippen LogP contribution is 2.26. The van der Waals surface area contributed by atoms with E-state index in [1.165, 1.54) is 10.3 Å². The van der Waals surface area contributed by atoms with Crippen molar-refractivity contribution in [3.63, 3.8) is 0 Å². The quantitative estimate of drug-likeness (QED) is 0.687. The van der Waals surface area contributed by atoms with Gasteiger partial charge in [-0.1, -0.05) is 42.5 Å². The number of benzene rings is 2. The molecular formula is C19H20N2OS2. The van der Waals surface area contributed by atoms with Gasteiger partial charge in [0.2, 0.25) is 5.91 Å². The molecule has 5 heteroatoms. The Balaban J connectivity index is 1.44. The first-order valence-electron chi connectivity index (χ1n) is 8.00. The largest absolute Gasteiger partial charge is 0.355 e. The number of aromatic nitrogens is 1. The molecule has 24 heavy (non-hydrogen) atoms. The maximum absolute atomic E-state index is 12.2. The van der Waals surface area contributed by atoms with Crippen LogP contribution in [0.2, 0.25) is 0 Å². The van der Waals surface area contributed by atoms with Crippen molar-refractivity contribution in [3.05, 3.63) is 65.2 Å². The summed E-state index contributed by atoms with van der Waals surface area (Å²) in [5, 5.41) is 4.02. The van der Waals surface area contributed by atoms with Crippen LogP contribution in [-0.4, -0.2) is 22.7 Å². The zero-order chi connectivity index (χ0) is 16.8. The zero-order valence-corrected chi connectivity index (χ0v) is 15.2. The fourth-order valence-corrected chi connectivity index (χ4v) is 4.27. The van der Waals surface area contributed by atoms with E-state index in [0.29, 0.717) is 6.54 Å². The molecule has 1 amide bonds. The van der Waals surface area contributed by atoms with Crippen LogP contribution >= 0.6 is 23.1 Å². The van der Waals surface area contributed by atoms with Crippen molar-refractivity contribution in [2.24, 2.45) is 0 Å². The third-order valence-corrected chi connectivity index (χ3v) is 6.09. The monoisotopic (exact) mass is 356 g/mol. The van der Waals surface area contributed by atoms with Crippen molar-refractivity contribution in [3.8, 4) is 0 Å². The van der Waals surface area contributed by atoms with E-state index < -0.39 is 0 Å². The number of fused-ring (bicyclic) bond motifs is 1. The van der Waals surface area contributed by atoms with Gasteiger partial charge in [-0.3, -0.25) is 4.79 Å². The van der Waals surface area contributed by atoms with E-state index in [9.17, 15) is 4.79 Å². The first-order valence-corrected chi connectivity index (χ1v) is 9.86. The normalized spacial score (nSPS) is 12.2. The second kappa shape index (κ2) is 8.31. The Morgan fingerprint density at radius 3 is 2.71 bits per heavy atom. The van der Waals surface area contributed by atoms with Gasteiger partial charge in [0.1, 0.15) is 5.01 Å². The van der Waals surface area contributed by atoms with Crippen LogP contribution in [0.1, 0.15) is 17.5 Å². The molecule has 1 unspecified atom stereocenters. The van der Waals surface area contributed by atoms with E-state index >= 15 is 0 Å². The number of nitrogens with zero attached hydrogens (tertiary/aromatic N) is 1. The molecular weight excluding hydrogens is 336 g/mol. The molecule has 0 radical (unpaired) electrons. The highest BCUT2D eigenvalue weighted by atomic mass is 32.2. The van der Waals surface area contributed by atoms with Gasteiger partial charge in [0.25, 0.3) is 0 Å². The number of hydrogen-bond acceptors (Lipinski definition) is 4. The first-order chi connectivity index (χ1) is 11.7. The number of amides is 1. The van der Waals surface area contributed by atoms with Gasteiger partial charge in [0.05, 0.1) is 15.5 Å². The van der Waals surface area contributed by atoms with Crippen molar-refractivity contribution in [1.29, 1.82) is 0 Å². The summed E-state index contributed by atoms with van der Waals surface area (Å²) in [5.41, 5.74) is 2.28. The van der Waals surface area contributed by atoms with Crippen molar-refractivity contribution in [1.82, 2.24) is 10.3 Å². The number of carbonyl (C=O) groups is 1. The molecule has 0 spiro atoms. The number of para-hydroxylation sites is 1. The molecule has 3 rings (SSSR count). The molecule has 1 heterocycles. The van der Waals surface area contributed by atoms with Gasteiger partial charge >= 0.3 is 0 Å². The van der Waals surface area contributed by atoms with Gasteiger partial charge in [0, 0.05) is 12.3 Å². The maximum Gasteiger partial charge on any atom is 0.232 e. The minimum atomic E-state index is -0.0761. The van der Waals surface area contributed by atoms with Gasteiger partial charge in [-0.25, -0.2) is 4.98 Å². The number of hydrogen-bond donors (Lipinski definition) is 1. The summed E-state index contributed by atoms with van der Waals surface area (Å²) in [6.45, 7) is 2.63. The molecule has 124 valence electrons. The smallest absolute Gasteiger partial charge is 0.232 e. The summed E-state index contributed by atoms with van der Waals surface area (Å²) in [4.78, 5) is 16.8. The lowest BCUT2D eigenvalue weighted by atomic mass is 10.1. The molecule has 0 saturated heterocycles. The van der Waals surface area contributed by atoms with Gasteiger partial charge in [0.15, 0.2) is 0 Å². The predicted molar refractivity (Wildman–Crippen MR) is 104 cm³/mol. The van der Waals surface area contributed by atoms with E-state index in [1.807, 2.05) is 43.3 Å². The summed E-state index contributed by atoms with van der Waals surface area (Å²) in [5.74, 6) is 0.865. The summed E-state index contributed by atoms with van der Waals surface area (Å²) in [6.07, 6.45) is 0.863. The Morgan fingerprint density at radius 2 is 1.92 bits per heavy atom. The van der Waals surface area contributed by atoms with Crippen LogP contribution in [0, 0.1) is 0 Å². The SMILES string of the molecule is CC(SCc1nc2ccccc2s1)C(=O)NCCc1ccccc1. The molecule has 0 saturated carbocycles. The maximum atomic E-state index is 12.2. The van der Waals surface area contributed by atoms with Crippen LogP contribution in [0.5, 0.6) is 0 Å². The van der Waals surface area contributed by atoms with Crippen LogP contribution in [0.3, 0.4) is 0 Å². The first kappa shape index (κ1) is 17.0. The zero-order valence-electron chi connectivity index (χ0n) is 13.6. The molecule has 0 aliphatic carbocycles. The van der Waals surface area contributed by atoms with Gasteiger partial charge in [-0.2, -0.15) is 0 Å². The topological polar surface area (TPSA) is 42.0 Å². The lowest BCUT2D eigenvalue weighted by molar-refractivity contribution is -0.120. The molecule has 0 bridgehead atoms. The molecule has 1 N–H and O–H groups in total. The average molecular weight is 357 g/mol. The average Bonchev–Trinajstić information content (AvgIpc) is 3.03. The number of thiazole rings is 1. The Hall–Kier alpha value is -1.85. The lowest BCUT2D eigenvalue weighted by Gasteiger charge is -2.11. The second-order valence-electron chi connectivity index (χ2n) is 5.56. The number of thioether (sulfide) groups is 1. The molecule has 2 aromatic carbocycles. The molecule has 1 aromatic heterocycles. The number of nitrogens with one attached hydrogen (secondary N) is 1.